The van der Waals surface area contributed by atoms with E-state index in [1.807, 2.05) is 11.9 Å². The monoisotopic (exact) mass is 312 g/mol. The number of aliphatic hydroxyl groups is 1. The zero-order valence-electron chi connectivity index (χ0n) is 13.4. The number of piperidine rings is 1. The van der Waals surface area contributed by atoms with Gasteiger partial charge in [-0.05, 0) is 58.6 Å². The van der Waals surface area contributed by atoms with Crippen LogP contribution in [0.3, 0.4) is 0 Å². The second-order valence-corrected chi connectivity index (χ2v) is 6.33. The van der Waals surface area contributed by atoms with E-state index in [4.69, 9.17) is 0 Å². The van der Waals surface area contributed by atoms with Crippen molar-refractivity contribution in [3.8, 4) is 0 Å². The third-order valence-electron chi connectivity index (χ3n) is 4.58. The summed E-state index contributed by atoms with van der Waals surface area (Å²) in [6.45, 7) is 2.17. The van der Waals surface area contributed by atoms with Gasteiger partial charge >= 0.3 is 0 Å². The average Bonchev–Trinajstić information content (AvgIpc) is 2.46. The summed E-state index contributed by atoms with van der Waals surface area (Å²) in [4.78, 5) is 4.32. The smallest absolute Gasteiger partial charge is 0.131 e. The summed E-state index contributed by atoms with van der Waals surface area (Å²) in [7, 11) is 4.03. The number of aliphatic hydroxyl groups excluding tert-OH is 1. The van der Waals surface area contributed by atoms with E-state index in [0.717, 1.165) is 19.5 Å². The van der Waals surface area contributed by atoms with E-state index in [1.165, 1.54) is 37.5 Å². The summed E-state index contributed by atoms with van der Waals surface area (Å²) in [5, 5.41) is 10.1. The van der Waals surface area contributed by atoms with Gasteiger partial charge in [0.25, 0.3) is 0 Å². The first-order valence-electron chi connectivity index (χ1n) is 7.99. The molecular formula is C17H26F2N2O. The van der Waals surface area contributed by atoms with Crippen LogP contribution in [-0.2, 0) is 0 Å². The van der Waals surface area contributed by atoms with Crippen molar-refractivity contribution in [2.45, 2.75) is 37.8 Å². The molecule has 1 aliphatic rings. The third-order valence-corrected chi connectivity index (χ3v) is 4.58. The largest absolute Gasteiger partial charge is 0.387 e. The molecule has 3 nitrogen and oxygen atoms in total. The lowest BCUT2D eigenvalue weighted by Crippen LogP contribution is -2.39. The zero-order chi connectivity index (χ0) is 16.1. The van der Waals surface area contributed by atoms with E-state index in [1.54, 1.807) is 0 Å². The van der Waals surface area contributed by atoms with Crippen molar-refractivity contribution >= 4 is 0 Å². The standard InChI is InChI=1S/C17H26F2N2O/c1-20(11-9-13-6-3-4-10-21(13)2)12-16(22)17-14(18)7-5-8-15(17)19/h5,7-8,13,16,22H,3-4,6,9-12H2,1-2H3. The maximum absolute atomic E-state index is 13.7. The first-order chi connectivity index (χ1) is 10.5. The predicted octanol–water partition coefficient (Wildman–Crippen LogP) is 2.80. The highest BCUT2D eigenvalue weighted by atomic mass is 19.1. The van der Waals surface area contributed by atoms with Crippen molar-refractivity contribution in [3.05, 3.63) is 35.4 Å². The first kappa shape index (κ1) is 17.3. The number of rotatable bonds is 6. The van der Waals surface area contributed by atoms with E-state index < -0.39 is 17.7 Å². The van der Waals surface area contributed by atoms with Gasteiger partial charge < -0.3 is 14.9 Å². The van der Waals surface area contributed by atoms with Gasteiger partial charge in [-0.25, -0.2) is 8.78 Å². The molecule has 2 unspecified atom stereocenters. The lowest BCUT2D eigenvalue weighted by atomic mass is 10.00. The van der Waals surface area contributed by atoms with Crippen LogP contribution in [0.5, 0.6) is 0 Å². The molecule has 1 aliphatic heterocycles. The van der Waals surface area contributed by atoms with Crippen molar-refractivity contribution < 1.29 is 13.9 Å². The van der Waals surface area contributed by atoms with Gasteiger partial charge in [0.15, 0.2) is 0 Å². The fourth-order valence-corrected chi connectivity index (χ4v) is 3.19. The van der Waals surface area contributed by atoms with Gasteiger partial charge in [0.2, 0.25) is 0 Å². The van der Waals surface area contributed by atoms with E-state index in [9.17, 15) is 13.9 Å². The van der Waals surface area contributed by atoms with E-state index in [-0.39, 0.29) is 12.1 Å². The molecule has 22 heavy (non-hydrogen) atoms. The average molecular weight is 312 g/mol. The molecule has 0 radical (unpaired) electrons. The molecule has 0 amide bonds. The lowest BCUT2D eigenvalue weighted by Gasteiger charge is -2.33. The number of likely N-dealkylation sites (tertiary alicyclic amines) is 1. The summed E-state index contributed by atoms with van der Waals surface area (Å²) in [6.07, 6.45) is 3.60. The van der Waals surface area contributed by atoms with Crippen LogP contribution >= 0.6 is 0 Å². The molecule has 2 atom stereocenters. The first-order valence-corrected chi connectivity index (χ1v) is 7.99. The SMILES string of the molecule is CN(CCC1CCCCN1C)CC(O)c1c(F)cccc1F. The minimum absolute atomic E-state index is 0.230. The van der Waals surface area contributed by atoms with Crippen LogP contribution in [0.2, 0.25) is 0 Å². The molecule has 1 heterocycles. The maximum atomic E-state index is 13.7. The zero-order valence-corrected chi connectivity index (χ0v) is 13.4. The van der Waals surface area contributed by atoms with Crippen LogP contribution in [0.1, 0.15) is 37.4 Å². The van der Waals surface area contributed by atoms with Gasteiger partial charge in [-0.2, -0.15) is 0 Å². The van der Waals surface area contributed by atoms with Gasteiger partial charge in [-0.15, -0.1) is 0 Å². The van der Waals surface area contributed by atoms with Crippen LogP contribution in [0.4, 0.5) is 8.78 Å². The Morgan fingerprint density at radius 3 is 2.64 bits per heavy atom. The van der Waals surface area contributed by atoms with Crippen LogP contribution in [0, 0.1) is 11.6 Å². The Morgan fingerprint density at radius 2 is 2.00 bits per heavy atom. The van der Waals surface area contributed by atoms with Gasteiger partial charge in [-0.3, -0.25) is 0 Å². The molecule has 0 spiro atoms. The highest BCUT2D eigenvalue weighted by Gasteiger charge is 2.21. The number of likely N-dealkylation sites (N-methyl/N-ethyl adjacent to an activating group) is 1. The molecular weight excluding hydrogens is 286 g/mol. The summed E-state index contributed by atoms with van der Waals surface area (Å²) in [6, 6.07) is 4.24. The number of halogens is 2. The number of nitrogens with zero attached hydrogens (tertiary/aromatic N) is 2. The normalized spacial score (nSPS) is 21.3. The molecule has 2 rings (SSSR count). The Hall–Kier alpha value is -1.04. The van der Waals surface area contributed by atoms with Crippen LogP contribution in [0.15, 0.2) is 18.2 Å². The molecule has 1 aromatic rings. The third kappa shape index (κ3) is 4.48. The van der Waals surface area contributed by atoms with Gasteiger partial charge in [-0.1, -0.05) is 12.5 Å². The molecule has 0 saturated carbocycles. The van der Waals surface area contributed by atoms with Gasteiger partial charge in [0.1, 0.15) is 11.6 Å². The van der Waals surface area contributed by atoms with Crippen molar-refractivity contribution in [2.75, 3.05) is 33.7 Å². The summed E-state index contributed by atoms with van der Waals surface area (Å²) >= 11 is 0. The van der Waals surface area contributed by atoms with Crippen molar-refractivity contribution in [1.82, 2.24) is 9.80 Å². The van der Waals surface area contributed by atoms with Crippen LogP contribution < -0.4 is 0 Å². The van der Waals surface area contributed by atoms with E-state index in [2.05, 4.69) is 11.9 Å². The van der Waals surface area contributed by atoms with Gasteiger partial charge in [0, 0.05) is 12.6 Å². The Kier molecular flexibility index (Phi) is 6.29. The van der Waals surface area contributed by atoms with E-state index in [0.29, 0.717) is 6.04 Å². The van der Waals surface area contributed by atoms with Crippen molar-refractivity contribution in [2.24, 2.45) is 0 Å². The van der Waals surface area contributed by atoms with Crippen LogP contribution in [0.25, 0.3) is 0 Å². The van der Waals surface area contributed by atoms with Crippen molar-refractivity contribution in [1.29, 1.82) is 0 Å². The fourth-order valence-electron chi connectivity index (χ4n) is 3.19. The Morgan fingerprint density at radius 1 is 1.32 bits per heavy atom. The second-order valence-electron chi connectivity index (χ2n) is 6.33. The summed E-state index contributed by atoms with van der Waals surface area (Å²) in [5.41, 5.74) is -0.232. The molecule has 1 aromatic carbocycles. The summed E-state index contributed by atoms with van der Waals surface area (Å²) < 4.78 is 27.3. The molecule has 0 aromatic heterocycles. The minimum atomic E-state index is -1.14. The molecule has 1 N–H and O–H groups in total. The molecule has 1 saturated heterocycles. The molecule has 5 heteroatoms. The number of benzene rings is 1. The predicted molar refractivity (Wildman–Crippen MR) is 83.7 cm³/mol. The van der Waals surface area contributed by atoms with Crippen molar-refractivity contribution in [3.63, 3.8) is 0 Å². The topological polar surface area (TPSA) is 26.7 Å². The summed E-state index contributed by atoms with van der Waals surface area (Å²) in [5.74, 6) is -1.37. The minimum Gasteiger partial charge on any atom is -0.387 e. The Balaban J connectivity index is 1.84. The molecule has 1 fully saturated rings. The Labute approximate surface area is 131 Å². The molecule has 124 valence electrons. The second kappa shape index (κ2) is 7.99. The molecule has 0 bridgehead atoms. The number of hydrogen-bond acceptors (Lipinski definition) is 3. The highest BCUT2D eigenvalue weighted by molar-refractivity contribution is 5.22. The van der Waals surface area contributed by atoms with E-state index >= 15 is 0 Å². The lowest BCUT2D eigenvalue weighted by molar-refractivity contribution is 0.107. The highest BCUT2D eigenvalue weighted by Crippen LogP contribution is 2.22. The van der Waals surface area contributed by atoms with Crippen LogP contribution in [-0.4, -0.2) is 54.7 Å². The van der Waals surface area contributed by atoms with Gasteiger partial charge in [0.05, 0.1) is 11.7 Å². The Bertz CT molecular complexity index is 463. The quantitative estimate of drug-likeness (QED) is 0.875. The molecule has 0 aliphatic carbocycles. The maximum Gasteiger partial charge on any atom is 0.131 e. The number of hydrogen-bond donors (Lipinski definition) is 1. The fraction of sp³-hybridized carbons (Fsp3) is 0.647.